The van der Waals surface area contributed by atoms with Crippen molar-refractivity contribution in [3.8, 4) is 0 Å². The van der Waals surface area contributed by atoms with Crippen molar-refractivity contribution < 1.29 is 28.2 Å². The summed E-state index contributed by atoms with van der Waals surface area (Å²) in [6, 6.07) is 1.83. The van der Waals surface area contributed by atoms with E-state index in [1.54, 1.807) is 12.4 Å². The summed E-state index contributed by atoms with van der Waals surface area (Å²) in [4.78, 5) is 19.7. The highest BCUT2D eigenvalue weighted by Gasteiger charge is 2.38. The standard InChI is InChI=1S/C14H23N3O.C2HF3O2/c1-12(2)9-14(11-18)5-3-8-17(10-14)13-15-6-4-7-16-13;3-2(4,5)1(6)7/h4,6-7,12,18H,3,5,8-11H2,1-2H3;(H,6,7). The van der Waals surface area contributed by atoms with Crippen LogP contribution in [0, 0.1) is 11.3 Å². The summed E-state index contributed by atoms with van der Waals surface area (Å²) in [6.07, 6.45) is 1.74. The van der Waals surface area contributed by atoms with Gasteiger partial charge in [0.25, 0.3) is 0 Å². The highest BCUT2D eigenvalue weighted by molar-refractivity contribution is 5.73. The summed E-state index contributed by atoms with van der Waals surface area (Å²) in [7, 11) is 0. The van der Waals surface area contributed by atoms with Gasteiger partial charge < -0.3 is 15.1 Å². The van der Waals surface area contributed by atoms with E-state index in [2.05, 4.69) is 28.7 Å². The molecule has 0 saturated carbocycles. The molecule has 1 aliphatic heterocycles. The van der Waals surface area contributed by atoms with E-state index in [0.29, 0.717) is 5.92 Å². The second kappa shape index (κ2) is 8.98. The molecule has 9 heteroatoms. The van der Waals surface area contributed by atoms with Crippen molar-refractivity contribution in [3.05, 3.63) is 18.5 Å². The third-order valence-electron chi connectivity index (χ3n) is 3.92. The molecular weight excluding hydrogens is 339 g/mol. The summed E-state index contributed by atoms with van der Waals surface area (Å²) in [6.45, 7) is 6.55. The number of aliphatic hydroxyl groups excluding tert-OH is 1. The Bertz CT molecular complexity index is 540. The van der Waals surface area contributed by atoms with Gasteiger partial charge in [-0.25, -0.2) is 14.8 Å². The van der Waals surface area contributed by atoms with E-state index in [1.807, 2.05) is 6.07 Å². The molecule has 0 spiro atoms. The van der Waals surface area contributed by atoms with Crippen LogP contribution < -0.4 is 4.90 Å². The molecule has 0 aliphatic carbocycles. The predicted molar refractivity (Wildman–Crippen MR) is 86.1 cm³/mol. The number of piperidine rings is 1. The average Bonchev–Trinajstić information content (AvgIpc) is 2.55. The maximum atomic E-state index is 10.6. The van der Waals surface area contributed by atoms with Crippen molar-refractivity contribution >= 4 is 11.9 Å². The minimum Gasteiger partial charge on any atom is -0.475 e. The number of alkyl halides is 3. The van der Waals surface area contributed by atoms with E-state index in [0.717, 1.165) is 38.3 Å². The lowest BCUT2D eigenvalue weighted by atomic mass is 9.74. The molecule has 0 aromatic carbocycles. The lowest BCUT2D eigenvalue weighted by Crippen LogP contribution is -2.46. The molecule has 2 N–H and O–H groups in total. The number of rotatable bonds is 4. The molecular formula is C16H24F3N3O3. The molecule has 142 valence electrons. The van der Waals surface area contributed by atoms with Gasteiger partial charge in [-0.15, -0.1) is 0 Å². The van der Waals surface area contributed by atoms with Crippen molar-refractivity contribution in [1.82, 2.24) is 9.97 Å². The van der Waals surface area contributed by atoms with Gasteiger partial charge in [0.05, 0.1) is 6.61 Å². The number of hydrogen-bond donors (Lipinski definition) is 2. The van der Waals surface area contributed by atoms with Gasteiger partial charge in [-0.3, -0.25) is 0 Å². The van der Waals surface area contributed by atoms with Crippen LogP contribution >= 0.6 is 0 Å². The molecule has 2 rings (SSSR count). The molecule has 0 amide bonds. The Kier molecular flexibility index (Phi) is 7.60. The van der Waals surface area contributed by atoms with Gasteiger partial charge in [0.15, 0.2) is 0 Å². The van der Waals surface area contributed by atoms with Crippen LogP contribution in [-0.4, -0.2) is 52.0 Å². The predicted octanol–water partition coefficient (Wildman–Crippen LogP) is 2.73. The normalized spacial score (nSPS) is 20.8. The van der Waals surface area contributed by atoms with E-state index in [1.165, 1.54) is 0 Å². The van der Waals surface area contributed by atoms with Gasteiger partial charge in [-0.05, 0) is 31.2 Å². The average molecular weight is 363 g/mol. The number of carbonyl (C=O) groups is 1. The van der Waals surface area contributed by atoms with Crippen LogP contribution in [0.5, 0.6) is 0 Å². The molecule has 1 unspecified atom stereocenters. The van der Waals surface area contributed by atoms with Crippen molar-refractivity contribution in [2.24, 2.45) is 11.3 Å². The molecule has 1 aromatic heterocycles. The van der Waals surface area contributed by atoms with Gasteiger partial charge in [-0.2, -0.15) is 13.2 Å². The lowest BCUT2D eigenvalue weighted by Gasteiger charge is -2.42. The maximum Gasteiger partial charge on any atom is 0.490 e. The Hall–Kier alpha value is -1.90. The van der Waals surface area contributed by atoms with Gasteiger partial charge in [0, 0.05) is 30.9 Å². The first-order chi connectivity index (χ1) is 11.6. The minimum absolute atomic E-state index is 0.0195. The summed E-state index contributed by atoms with van der Waals surface area (Å²) in [5.41, 5.74) is 0.0195. The Morgan fingerprint density at radius 1 is 1.36 bits per heavy atom. The smallest absolute Gasteiger partial charge is 0.475 e. The second-order valence-corrected chi connectivity index (χ2v) is 6.63. The van der Waals surface area contributed by atoms with E-state index in [9.17, 15) is 18.3 Å². The zero-order valence-electron chi connectivity index (χ0n) is 14.3. The molecule has 25 heavy (non-hydrogen) atoms. The maximum absolute atomic E-state index is 10.6. The van der Waals surface area contributed by atoms with Crippen LogP contribution in [0.4, 0.5) is 19.1 Å². The van der Waals surface area contributed by atoms with Crippen molar-refractivity contribution in [2.45, 2.75) is 39.3 Å². The molecule has 0 bridgehead atoms. The first-order valence-corrected chi connectivity index (χ1v) is 8.02. The van der Waals surface area contributed by atoms with Crippen molar-refractivity contribution in [1.29, 1.82) is 0 Å². The van der Waals surface area contributed by atoms with Crippen LogP contribution in [0.15, 0.2) is 18.5 Å². The molecule has 1 atom stereocenters. The van der Waals surface area contributed by atoms with Crippen molar-refractivity contribution in [3.63, 3.8) is 0 Å². The first-order valence-electron chi connectivity index (χ1n) is 8.02. The quantitative estimate of drug-likeness (QED) is 0.855. The van der Waals surface area contributed by atoms with E-state index < -0.39 is 12.1 Å². The number of carboxylic acid groups (broad SMARTS) is 1. The highest BCUT2D eigenvalue weighted by Crippen LogP contribution is 2.36. The summed E-state index contributed by atoms with van der Waals surface area (Å²) in [5.74, 6) is -1.36. The van der Waals surface area contributed by atoms with E-state index in [4.69, 9.17) is 9.90 Å². The number of hydrogen-bond acceptors (Lipinski definition) is 5. The largest absolute Gasteiger partial charge is 0.490 e. The van der Waals surface area contributed by atoms with Gasteiger partial charge in [0.1, 0.15) is 0 Å². The lowest BCUT2D eigenvalue weighted by molar-refractivity contribution is -0.192. The molecule has 0 radical (unpaired) electrons. The zero-order chi connectivity index (χ0) is 19.1. The van der Waals surface area contributed by atoms with Gasteiger partial charge in [0.2, 0.25) is 5.95 Å². The molecule has 1 aromatic rings. The fourth-order valence-corrected chi connectivity index (χ4v) is 3.06. The Balaban J connectivity index is 0.000000381. The number of aromatic nitrogens is 2. The number of aliphatic hydroxyl groups is 1. The zero-order valence-corrected chi connectivity index (χ0v) is 14.3. The van der Waals surface area contributed by atoms with Crippen molar-refractivity contribution in [2.75, 3.05) is 24.6 Å². The number of anilines is 1. The molecule has 1 aliphatic rings. The number of aliphatic carboxylic acids is 1. The molecule has 2 heterocycles. The third-order valence-corrected chi connectivity index (χ3v) is 3.92. The summed E-state index contributed by atoms with van der Waals surface area (Å²) in [5, 5.41) is 16.9. The fraction of sp³-hybridized carbons (Fsp3) is 0.688. The second-order valence-electron chi connectivity index (χ2n) is 6.63. The first kappa shape index (κ1) is 21.1. The van der Waals surface area contributed by atoms with E-state index in [-0.39, 0.29) is 12.0 Å². The Labute approximate surface area is 144 Å². The van der Waals surface area contributed by atoms with Gasteiger partial charge in [-0.1, -0.05) is 13.8 Å². The van der Waals surface area contributed by atoms with Crippen LogP contribution in [0.3, 0.4) is 0 Å². The number of nitrogens with zero attached hydrogens (tertiary/aromatic N) is 3. The number of carboxylic acids is 1. The Morgan fingerprint density at radius 2 is 1.92 bits per heavy atom. The number of halogens is 3. The molecule has 6 nitrogen and oxygen atoms in total. The molecule has 1 fully saturated rings. The Morgan fingerprint density at radius 3 is 2.36 bits per heavy atom. The minimum atomic E-state index is -5.08. The summed E-state index contributed by atoms with van der Waals surface area (Å²) >= 11 is 0. The van der Waals surface area contributed by atoms with Crippen LogP contribution in [0.25, 0.3) is 0 Å². The van der Waals surface area contributed by atoms with Gasteiger partial charge >= 0.3 is 12.1 Å². The highest BCUT2D eigenvalue weighted by atomic mass is 19.4. The van der Waals surface area contributed by atoms with E-state index >= 15 is 0 Å². The monoisotopic (exact) mass is 363 g/mol. The summed E-state index contributed by atoms with van der Waals surface area (Å²) < 4.78 is 31.7. The fourth-order valence-electron chi connectivity index (χ4n) is 3.06. The topological polar surface area (TPSA) is 86.5 Å². The van der Waals surface area contributed by atoms with Crippen LogP contribution in [-0.2, 0) is 4.79 Å². The van der Waals surface area contributed by atoms with Crippen LogP contribution in [0.1, 0.15) is 33.1 Å². The molecule has 1 saturated heterocycles. The SMILES string of the molecule is CC(C)CC1(CO)CCCN(c2ncccn2)C1.O=C(O)C(F)(F)F. The third kappa shape index (κ3) is 6.85. The van der Waals surface area contributed by atoms with Crippen LogP contribution in [0.2, 0.25) is 0 Å².